The third kappa shape index (κ3) is 2.05. The minimum absolute atomic E-state index is 0.00384. The smallest absolute Gasteiger partial charge is 0.306 e. The first kappa shape index (κ1) is 14.8. The second-order valence-corrected chi connectivity index (χ2v) is 7.08. The van der Waals surface area contributed by atoms with Crippen LogP contribution >= 0.6 is 0 Å². The van der Waals surface area contributed by atoms with Crippen molar-refractivity contribution in [1.29, 1.82) is 0 Å². The molecule has 1 heterocycles. The lowest BCUT2D eigenvalue weighted by molar-refractivity contribution is -0.147. The van der Waals surface area contributed by atoms with Crippen LogP contribution < -0.4 is 0 Å². The van der Waals surface area contributed by atoms with Crippen molar-refractivity contribution < 1.29 is 9.53 Å². The monoisotopic (exact) mass is 311 g/mol. The van der Waals surface area contributed by atoms with Crippen LogP contribution in [0, 0.1) is 5.92 Å². The predicted octanol–water partition coefficient (Wildman–Crippen LogP) is 4.28. The number of carbonyl (C=O) groups excluding carboxylic acids is 1. The van der Waals surface area contributed by atoms with Crippen LogP contribution in [0.1, 0.15) is 56.4 Å². The Hall–Kier alpha value is -1.77. The molecule has 0 amide bonds. The van der Waals surface area contributed by atoms with Crippen LogP contribution in [0.2, 0.25) is 0 Å². The Morgan fingerprint density at radius 1 is 1.35 bits per heavy atom. The summed E-state index contributed by atoms with van der Waals surface area (Å²) in [6.45, 7) is 4.56. The van der Waals surface area contributed by atoms with E-state index in [1.165, 1.54) is 40.6 Å². The van der Waals surface area contributed by atoms with Gasteiger partial charge in [0, 0.05) is 22.0 Å². The second kappa shape index (κ2) is 5.40. The second-order valence-electron chi connectivity index (χ2n) is 7.08. The molecule has 0 spiro atoms. The number of H-pyrrole nitrogens is 1. The van der Waals surface area contributed by atoms with Gasteiger partial charge in [0.15, 0.2) is 0 Å². The summed E-state index contributed by atoms with van der Waals surface area (Å²) >= 11 is 0. The molecule has 0 bridgehead atoms. The van der Waals surface area contributed by atoms with Crippen LogP contribution in [0.15, 0.2) is 18.2 Å². The third-order valence-corrected chi connectivity index (χ3v) is 6.13. The van der Waals surface area contributed by atoms with Crippen molar-refractivity contribution in [3.63, 3.8) is 0 Å². The molecule has 2 aliphatic carbocycles. The average molecular weight is 311 g/mol. The van der Waals surface area contributed by atoms with E-state index in [2.05, 4.69) is 30.1 Å². The number of para-hydroxylation sites is 1. The standard InChI is InChI=1S/C20H25NO2/c1-3-13-6-5-7-15-16-9-8-14-10-11-20(14,12-17(22)23-4-2)19(16)21-18(13)15/h5-7,14,21H,3-4,8-12H2,1-2H3/t14-,20-/m1/s1. The zero-order valence-electron chi connectivity index (χ0n) is 14.1. The molecule has 1 saturated carbocycles. The molecule has 1 aromatic heterocycles. The van der Waals surface area contributed by atoms with Gasteiger partial charge >= 0.3 is 5.97 Å². The van der Waals surface area contributed by atoms with Crippen LogP contribution in [-0.2, 0) is 27.8 Å². The Labute approximate surface area is 137 Å². The molecule has 122 valence electrons. The summed E-state index contributed by atoms with van der Waals surface area (Å²) in [5.41, 5.74) is 5.46. The molecule has 0 unspecified atom stereocenters. The molecule has 1 aromatic carbocycles. The number of aromatic amines is 1. The van der Waals surface area contributed by atoms with E-state index < -0.39 is 0 Å². The molecule has 3 nitrogen and oxygen atoms in total. The molecule has 1 fully saturated rings. The Kier molecular flexibility index (Phi) is 3.47. The number of rotatable bonds is 4. The highest BCUT2D eigenvalue weighted by Crippen LogP contribution is 2.57. The largest absolute Gasteiger partial charge is 0.466 e. The lowest BCUT2D eigenvalue weighted by atomic mass is 9.52. The number of nitrogens with one attached hydrogen (secondary N) is 1. The summed E-state index contributed by atoms with van der Waals surface area (Å²) in [4.78, 5) is 16.0. The van der Waals surface area contributed by atoms with Gasteiger partial charge < -0.3 is 9.72 Å². The Balaban J connectivity index is 1.83. The van der Waals surface area contributed by atoms with Gasteiger partial charge in [-0.1, -0.05) is 25.1 Å². The van der Waals surface area contributed by atoms with Crippen LogP contribution in [0.4, 0.5) is 0 Å². The zero-order valence-corrected chi connectivity index (χ0v) is 14.1. The fourth-order valence-corrected chi connectivity index (χ4v) is 4.87. The molecule has 0 aliphatic heterocycles. The van der Waals surface area contributed by atoms with Crippen molar-refractivity contribution in [2.75, 3.05) is 6.61 Å². The summed E-state index contributed by atoms with van der Waals surface area (Å²) in [7, 11) is 0. The number of carbonyl (C=O) groups is 1. The minimum Gasteiger partial charge on any atom is -0.466 e. The molecular formula is C20H25NO2. The first-order chi connectivity index (χ1) is 11.2. The van der Waals surface area contributed by atoms with Crippen LogP contribution in [0.3, 0.4) is 0 Å². The molecule has 0 radical (unpaired) electrons. The van der Waals surface area contributed by atoms with Crippen LogP contribution in [0.5, 0.6) is 0 Å². The number of benzene rings is 1. The highest BCUT2D eigenvalue weighted by atomic mass is 16.5. The maximum atomic E-state index is 12.2. The number of hydrogen-bond acceptors (Lipinski definition) is 2. The van der Waals surface area contributed by atoms with Gasteiger partial charge in [-0.15, -0.1) is 0 Å². The highest BCUT2D eigenvalue weighted by Gasteiger charge is 2.53. The van der Waals surface area contributed by atoms with E-state index in [1.54, 1.807) is 0 Å². The molecule has 4 rings (SSSR count). The summed E-state index contributed by atoms with van der Waals surface area (Å²) in [6, 6.07) is 6.61. The fourth-order valence-electron chi connectivity index (χ4n) is 4.87. The van der Waals surface area contributed by atoms with E-state index in [1.807, 2.05) is 6.92 Å². The molecular weight excluding hydrogens is 286 g/mol. The zero-order chi connectivity index (χ0) is 16.0. The lowest BCUT2D eigenvalue weighted by Crippen LogP contribution is -2.49. The summed E-state index contributed by atoms with van der Waals surface area (Å²) in [5.74, 6) is 0.594. The first-order valence-electron chi connectivity index (χ1n) is 8.98. The fraction of sp³-hybridized carbons (Fsp3) is 0.550. The quantitative estimate of drug-likeness (QED) is 0.856. The van der Waals surface area contributed by atoms with Crippen molar-refractivity contribution in [3.05, 3.63) is 35.0 Å². The molecule has 0 saturated heterocycles. The highest BCUT2D eigenvalue weighted by molar-refractivity contribution is 5.88. The molecule has 23 heavy (non-hydrogen) atoms. The van der Waals surface area contributed by atoms with E-state index in [0.717, 1.165) is 19.3 Å². The van der Waals surface area contributed by atoms with Crippen molar-refractivity contribution >= 4 is 16.9 Å². The summed E-state index contributed by atoms with van der Waals surface area (Å²) < 4.78 is 5.27. The van der Waals surface area contributed by atoms with Gasteiger partial charge in [-0.05, 0) is 56.1 Å². The van der Waals surface area contributed by atoms with Gasteiger partial charge in [0.25, 0.3) is 0 Å². The lowest BCUT2D eigenvalue weighted by Gasteiger charge is -2.52. The van der Waals surface area contributed by atoms with Crippen LogP contribution in [0.25, 0.3) is 10.9 Å². The van der Waals surface area contributed by atoms with E-state index in [9.17, 15) is 4.79 Å². The van der Waals surface area contributed by atoms with Crippen molar-refractivity contribution in [2.45, 2.75) is 57.8 Å². The van der Waals surface area contributed by atoms with Gasteiger partial charge in [-0.25, -0.2) is 0 Å². The summed E-state index contributed by atoms with van der Waals surface area (Å²) in [6.07, 6.45) is 6.26. The van der Waals surface area contributed by atoms with Crippen LogP contribution in [-0.4, -0.2) is 17.6 Å². The SMILES string of the molecule is CCOC(=O)C[C@]12CC[C@H]1CCc1c2[nH]c2c(CC)cccc12. The minimum atomic E-state index is -0.0422. The number of ether oxygens (including phenoxy) is 1. The molecule has 2 aliphatic rings. The van der Waals surface area contributed by atoms with E-state index in [4.69, 9.17) is 4.74 Å². The van der Waals surface area contributed by atoms with Gasteiger partial charge in [-0.3, -0.25) is 4.79 Å². The summed E-state index contributed by atoms with van der Waals surface area (Å²) in [5, 5.41) is 1.37. The van der Waals surface area contributed by atoms with E-state index >= 15 is 0 Å². The maximum Gasteiger partial charge on any atom is 0.306 e. The predicted molar refractivity (Wildman–Crippen MR) is 91.6 cm³/mol. The number of hydrogen-bond donors (Lipinski definition) is 1. The third-order valence-electron chi connectivity index (χ3n) is 6.13. The first-order valence-corrected chi connectivity index (χ1v) is 8.98. The topological polar surface area (TPSA) is 42.1 Å². The van der Waals surface area contributed by atoms with Crippen molar-refractivity contribution in [2.24, 2.45) is 5.92 Å². The van der Waals surface area contributed by atoms with Crippen molar-refractivity contribution in [3.8, 4) is 0 Å². The van der Waals surface area contributed by atoms with Gasteiger partial charge in [-0.2, -0.15) is 0 Å². The number of aryl methyl sites for hydroxylation is 2. The Bertz CT molecular complexity index is 760. The van der Waals surface area contributed by atoms with Crippen molar-refractivity contribution in [1.82, 2.24) is 4.98 Å². The maximum absolute atomic E-state index is 12.2. The number of aromatic nitrogens is 1. The molecule has 2 aromatic rings. The normalized spacial score (nSPS) is 25.6. The Morgan fingerprint density at radius 2 is 2.22 bits per heavy atom. The number of fused-ring (bicyclic) bond motifs is 5. The molecule has 1 N–H and O–H groups in total. The Morgan fingerprint density at radius 3 is 2.91 bits per heavy atom. The average Bonchev–Trinajstić information content (AvgIpc) is 2.90. The van der Waals surface area contributed by atoms with E-state index in [-0.39, 0.29) is 11.4 Å². The van der Waals surface area contributed by atoms with E-state index in [0.29, 0.717) is 18.9 Å². The molecule has 3 heteroatoms. The van der Waals surface area contributed by atoms with Gasteiger partial charge in [0.2, 0.25) is 0 Å². The number of esters is 1. The molecule has 2 atom stereocenters. The van der Waals surface area contributed by atoms with Gasteiger partial charge in [0.05, 0.1) is 13.0 Å². The van der Waals surface area contributed by atoms with Gasteiger partial charge in [0.1, 0.15) is 0 Å².